The van der Waals surface area contributed by atoms with E-state index in [4.69, 9.17) is 19.4 Å². The fraction of sp³-hybridized carbons (Fsp3) is 0. The summed E-state index contributed by atoms with van der Waals surface area (Å²) >= 11 is 0. The highest BCUT2D eigenvalue weighted by Gasteiger charge is 2.27. The zero-order chi connectivity index (χ0) is 41.2. The Labute approximate surface area is 359 Å². The standard InChI is InChI=1S/C57H33N5O/c1-3-15-34(16-4-1)35-27-29-37(30-28-35)56-58-55(36-17-5-2-6-18-36)59-57(60-56)42-31-32-47(54-50(42)41-22-10-14-26-49(41)63-54)61-45-24-12-8-20-39(45)51-48(61)33-43-38-19-7-11-23-44(38)62-46-25-13-9-21-40(46)52(51)53(43)62/h1-33H. The molecule has 0 amide bonds. The summed E-state index contributed by atoms with van der Waals surface area (Å²) in [5.41, 5.74) is 13.4. The van der Waals surface area contributed by atoms with E-state index < -0.39 is 0 Å². The summed E-state index contributed by atoms with van der Waals surface area (Å²) in [6.45, 7) is 0. The maximum Gasteiger partial charge on any atom is 0.164 e. The molecule has 14 rings (SSSR count). The highest BCUT2D eigenvalue weighted by Crippen LogP contribution is 2.48. The molecule has 63 heavy (non-hydrogen) atoms. The van der Waals surface area contributed by atoms with Crippen molar-refractivity contribution in [1.29, 1.82) is 0 Å². The molecule has 14 aromatic rings. The highest BCUT2D eigenvalue weighted by molar-refractivity contribution is 6.36. The number of furan rings is 1. The zero-order valence-electron chi connectivity index (χ0n) is 33.7. The summed E-state index contributed by atoms with van der Waals surface area (Å²) in [4.78, 5) is 15.6. The van der Waals surface area contributed by atoms with E-state index in [-0.39, 0.29) is 0 Å². The van der Waals surface area contributed by atoms with Crippen LogP contribution in [0.3, 0.4) is 0 Å². The van der Waals surface area contributed by atoms with Crippen LogP contribution in [-0.4, -0.2) is 23.9 Å². The van der Waals surface area contributed by atoms with Gasteiger partial charge in [-0.3, -0.25) is 0 Å². The second-order valence-electron chi connectivity index (χ2n) is 16.3. The zero-order valence-corrected chi connectivity index (χ0v) is 33.7. The Morgan fingerprint density at radius 1 is 0.349 bits per heavy atom. The lowest BCUT2D eigenvalue weighted by molar-refractivity contribution is 0.666. The lowest BCUT2D eigenvalue weighted by Gasteiger charge is -2.13. The van der Waals surface area contributed by atoms with Crippen molar-refractivity contribution >= 4 is 81.8 Å². The Morgan fingerprint density at radius 2 is 0.873 bits per heavy atom. The molecule has 0 unspecified atom stereocenters. The van der Waals surface area contributed by atoms with Crippen molar-refractivity contribution in [3.8, 4) is 51.0 Å². The first kappa shape index (κ1) is 34.1. The average Bonchev–Trinajstić information content (AvgIpc) is 4.10. The summed E-state index contributed by atoms with van der Waals surface area (Å²) in [5, 5.41) is 9.36. The summed E-state index contributed by atoms with van der Waals surface area (Å²) in [6, 6.07) is 70.5. The van der Waals surface area contributed by atoms with Crippen LogP contribution in [0.5, 0.6) is 0 Å². The fourth-order valence-electron chi connectivity index (χ4n) is 10.2. The van der Waals surface area contributed by atoms with Gasteiger partial charge in [0.05, 0.1) is 33.3 Å². The molecular formula is C57H33N5O. The Bertz CT molecular complexity index is 4130. The van der Waals surface area contributed by atoms with Gasteiger partial charge in [0.15, 0.2) is 23.1 Å². The third kappa shape index (κ3) is 4.86. The summed E-state index contributed by atoms with van der Waals surface area (Å²) in [5.74, 6) is 1.79. The van der Waals surface area contributed by atoms with Crippen molar-refractivity contribution in [2.24, 2.45) is 0 Å². The van der Waals surface area contributed by atoms with E-state index in [9.17, 15) is 0 Å². The predicted octanol–water partition coefficient (Wildman–Crippen LogP) is 14.7. The van der Waals surface area contributed by atoms with E-state index in [2.05, 4.69) is 161 Å². The molecule has 0 radical (unpaired) electrons. The van der Waals surface area contributed by atoms with Gasteiger partial charge in [0.25, 0.3) is 0 Å². The number of rotatable bonds is 5. The summed E-state index contributed by atoms with van der Waals surface area (Å²) in [6.07, 6.45) is 0. The van der Waals surface area contributed by atoms with Crippen molar-refractivity contribution in [3.63, 3.8) is 0 Å². The van der Waals surface area contributed by atoms with Gasteiger partial charge in [-0.05, 0) is 53.6 Å². The van der Waals surface area contributed by atoms with Gasteiger partial charge >= 0.3 is 0 Å². The molecule has 0 aliphatic heterocycles. The molecule has 5 aromatic heterocycles. The van der Waals surface area contributed by atoms with Crippen LogP contribution in [0.15, 0.2) is 205 Å². The van der Waals surface area contributed by atoms with Crippen molar-refractivity contribution in [3.05, 3.63) is 200 Å². The fourth-order valence-corrected chi connectivity index (χ4v) is 10.2. The maximum absolute atomic E-state index is 7.02. The normalized spacial score (nSPS) is 12.1. The first-order chi connectivity index (χ1) is 31.3. The largest absolute Gasteiger partial charge is 0.454 e. The summed E-state index contributed by atoms with van der Waals surface area (Å²) in [7, 11) is 0. The van der Waals surface area contributed by atoms with Gasteiger partial charge in [-0.2, -0.15) is 0 Å². The SMILES string of the molecule is c1ccc(-c2ccc(-c3nc(-c4ccccc4)nc(-c4ccc(-n5c6ccccc6c6c7c8ccccc8n8c9ccccc9c(cc65)c78)c5oc6ccccc6c45)n3)cc2)cc1. The van der Waals surface area contributed by atoms with Crippen LogP contribution in [0.1, 0.15) is 0 Å². The number of fused-ring (bicyclic) bond motifs is 13. The van der Waals surface area contributed by atoms with Crippen molar-refractivity contribution < 1.29 is 4.42 Å². The first-order valence-electron chi connectivity index (χ1n) is 21.3. The molecule has 9 aromatic carbocycles. The Morgan fingerprint density at radius 3 is 1.60 bits per heavy atom. The molecule has 0 N–H and O–H groups in total. The van der Waals surface area contributed by atoms with Crippen LogP contribution in [0, 0.1) is 0 Å². The molecular weight excluding hydrogens is 771 g/mol. The van der Waals surface area contributed by atoms with E-state index in [1.807, 2.05) is 48.5 Å². The lowest BCUT2D eigenvalue weighted by atomic mass is 10.0. The van der Waals surface area contributed by atoms with Gasteiger partial charge < -0.3 is 13.4 Å². The number of hydrogen-bond donors (Lipinski definition) is 0. The monoisotopic (exact) mass is 803 g/mol. The van der Waals surface area contributed by atoms with E-state index in [1.54, 1.807) is 0 Å². The van der Waals surface area contributed by atoms with Crippen molar-refractivity contribution in [2.75, 3.05) is 0 Å². The quantitative estimate of drug-likeness (QED) is 0.174. The van der Waals surface area contributed by atoms with Crippen molar-refractivity contribution in [1.82, 2.24) is 23.9 Å². The average molecular weight is 804 g/mol. The van der Waals surface area contributed by atoms with Crippen LogP contribution in [0.2, 0.25) is 0 Å². The molecule has 0 saturated carbocycles. The Kier molecular flexibility index (Phi) is 7.02. The molecule has 5 heterocycles. The first-order valence-corrected chi connectivity index (χ1v) is 21.3. The van der Waals surface area contributed by atoms with Gasteiger partial charge in [-0.15, -0.1) is 0 Å². The minimum Gasteiger partial charge on any atom is -0.454 e. The number of benzene rings is 9. The van der Waals surface area contributed by atoms with E-state index in [1.165, 1.54) is 48.9 Å². The number of para-hydroxylation sites is 4. The van der Waals surface area contributed by atoms with Crippen LogP contribution < -0.4 is 0 Å². The lowest BCUT2D eigenvalue weighted by Crippen LogP contribution is -2.01. The van der Waals surface area contributed by atoms with E-state index >= 15 is 0 Å². The molecule has 0 fully saturated rings. The predicted molar refractivity (Wildman–Crippen MR) is 258 cm³/mol. The second-order valence-corrected chi connectivity index (χ2v) is 16.3. The second kappa shape index (κ2) is 12.9. The smallest absolute Gasteiger partial charge is 0.164 e. The number of hydrogen-bond acceptors (Lipinski definition) is 4. The van der Waals surface area contributed by atoms with Gasteiger partial charge in [0.2, 0.25) is 0 Å². The van der Waals surface area contributed by atoms with E-state index in [0.29, 0.717) is 17.5 Å². The molecule has 0 aliphatic rings. The van der Waals surface area contributed by atoms with Crippen molar-refractivity contribution in [2.45, 2.75) is 0 Å². The Balaban J connectivity index is 1.06. The third-order valence-electron chi connectivity index (χ3n) is 12.9. The van der Waals surface area contributed by atoms with Crippen LogP contribution in [0.25, 0.3) is 133 Å². The minimum absolute atomic E-state index is 0.579. The van der Waals surface area contributed by atoms with Gasteiger partial charge in [0, 0.05) is 59.8 Å². The van der Waals surface area contributed by atoms with Crippen LogP contribution in [0.4, 0.5) is 0 Å². The summed E-state index contributed by atoms with van der Waals surface area (Å²) < 4.78 is 11.9. The molecule has 292 valence electrons. The van der Waals surface area contributed by atoms with Gasteiger partial charge in [-0.1, -0.05) is 158 Å². The third-order valence-corrected chi connectivity index (χ3v) is 12.9. The molecule has 0 bridgehead atoms. The Hall–Kier alpha value is -8.61. The molecule has 0 atom stereocenters. The van der Waals surface area contributed by atoms with Gasteiger partial charge in [0.1, 0.15) is 5.58 Å². The molecule has 6 nitrogen and oxygen atoms in total. The highest BCUT2D eigenvalue weighted by atomic mass is 16.3. The minimum atomic E-state index is 0.579. The van der Waals surface area contributed by atoms with E-state index in [0.717, 1.165) is 66.5 Å². The molecule has 0 aliphatic carbocycles. The van der Waals surface area contributed by atoms with Crippen LogP contribution in [-0.2, 0) is 0 Å². The number of aromatic nitrogens is 5. The molecule has 0 spiro atoms. The maximum atomic E-state index is 7.02. The van der Waals surface area contributed by atoms with Gasteiger partial charge in [-0.25, -0.2) is 15.0 Å². The number of nitrogens with zero attached hydrogens (tertiary/aromatic N) is 5. The topological polar surface area (TPSA) is 61.2 Å². The van der Waals surface area contributed by atoms with Crippen LogP contribution >= 0.6 is 0 Å². The molecule has 0 saturated heterocycles. The molecule has 6 heteroatoms.